The van der Waals surface area contributed by atoms with Crippen molar-refractivity contribution < 1.29 is 10.5 Å². The van der Waals surface area contributed by atoms with Crippen LogP contribution in [-0.2, 0) is 9.05 Å². The lowest BCUT2D eigenvalue weighted by molar-refractivity contribution is 0.0919. The fraction of sp³-hybridized carbons (Fsp3) is 1.00. The summed E-state index contributed by atoms with van der Waals surface area (Å²) in [4.78, 5) is 0. The Hall–Kier alpha value is 0.780. The second kappa shape index (κ2) is 9.93. The zero-order valence-corrected chi connectivity index (χ0v) is 16.6. The van der Waals surface area contributed by atoms with Crippen molar-refractivity contribution in [3.8, 4) is 0 Å². The van der Waals surface area contributed by atoms with E-state index in [1.54, 1.807) is 0 Å². The second-order valence-electron chi connectivity index (χ2n) is 7.64. The summed E-state index contributed by atoms with van der Waals surface area (Å²) in [6.45, 7) is 4.68. The van der Waals surface area contributed by atoms with Crippen LogP contribution in [0.2, 0.25) is 0 Å². The highest BCUT2D eigenvalue weighted by molar-refractivity contribution is 7.10. The zero-order chi connectivity index (χ0) is 16.7. The first-order valence-electron chi connectivity index (χ1n) is 9.89. The first-order valence-corrected chi connectivity index (χ1v) is 10.3. The number of hydrogen-bond acceptors (Lipinski definition) is 2. The molecule has 2 saturated carbocycles. The molecule has 0 aromatic heterocycles. The molecule has 4 heteroatoms. The van der Waals surface area contributed by atoms with E-state index in [9.17, 15) is 0 Å². The van der Waals surface area contributed by atoms with E-state index in [1.165, 1.54) is 51.4 Å². The number of rotatable bonds is 9. The summed E-state index contributed by atoms with van der Waals surface area (Å²) in [5.74, 6) is 2.90. The fourth-order valence-corrected chi connectivity index (χ4v) is 5.69. The molecule has 0 saturated heterocycles. The molecule has 2 unspecified atom stereocenters. The summed E-state index contributed by atoms with van der Waals surface area (Å²) < 4.78 is 19.1. The third kappa shape index (κ3) is 4.89. The molecule has 132 valence electrons. The lowest BCUT2D eigenvalue weighted by Gasteiger charge is -2.31. The maximum atomic E-state index is 7.48. The van der Waals surface area contributed by atoms with Crippen LogP contribution in [0.4, 0.5) is 0 Å². The van der Waals surface area contributed by atoms with Gasteiger partial charge in [0.05, 0.1) is 13.5 Å². The second-order valence-corrected chi connectivity index (χ2v) is 8.14. The van der Waals surface area contributed by atoms with Gasteiger partial charge in [0.15, 0.2) is 0 Å². The van der Waals surface area contributed by atoms with Crippen molar-refractivity contribution in [3.63, 3.8) is 0 Å². The normalized spacial score (nSPS) is 36.0. The third-order valence-corrected chi connectivity index (χ3v) is 6.92. The predicted molar refractivity (Wildman–Crippen MR) is 103 cm³/mol. The molecule has 0 spiro atoms. The minimum atomic E-state index is -0.122. The van der Waals surface area contributed by atoms with E-state index in [1.807, 2.05) is 0 Å². The average Bonchev–Trinajstić information content (AvgIpc) is 2.85. The van der Waals surface area contributed by atoms with Crippen molar-refractivity contribution in [2.45, 2.75) is 90.3 Å². The number of hydrogen-bond donors (Lipinski definition) is 0. The third-order valence-electron chi connectivity index (χ3n) is 6.27. The van der Waals surface area contributed by atoms with Gasteiger partial charge in [-0.05, 0) is 55.8 Å². The molecule has 22 heavy (non-hydrogen) atoms. The monoisotopic (exact) mass is 352 g/mol. The van der Waals surface area contributed by atoms with Gasteiger partial charge in [-0.2, -0.15) is 0 Å². The molecular weight excluding hydrogens is 310 g/mol. The smallest absolute Gasteiger partial charge is 0.0851 e. The standard InChI is InChI=1S/C18H36O2P2.H2/c1-3-7-15-13(2)12-18(20-22)16(15)10-11-17(19-21)14-8-5-4-6-9-14;/h13-18H,3-12,21-22H2,1-2H3;1H/t13-,15-,16+,17+,18+;/m0./s1/i22T;1+2/t13-,15-,16+,17+,18+,22?;. The minimum Gasteiger partial charge on any atom is -0.362 e. The summed E-state index contributed by atoms with van der Waals surface area (Å²) in [5, 5.41) is 0. The quantitative estimate of drug-likeness (QED) is 0.473. The van der Waals surface area contributed by atoms with Gasteiger partial charge in [-0.15, -0.1) is 0 Å². The Kier molecular flexibility index (Phi) is 7.94. The van der Waals surface area contributed by atoms with Gasteiger partial charge in [-0.1, -0.05) is 46.0 Å². The summed E-state index contributed by atoms with van der Waals surface area (Å²) >= 11 is 0. The molecule has 2 aliphatic carbocycles. The van der Waals surface area contributed by atoms with Crippen molar-refractivity contribution in [3.05, 3.63) is 0 Å². The Morgan fingerprint density at radius 2 is 2.00 bits per heavy atom. The molecule has 2 rings (SSSR count). The van der Waals surface area contributed by atoms with Crippen molar-refractivity contribution in [1.82, 2.24) is 0 Å². The SMILES string of the molecule is [3HH].[3H]PO[C@@H]1C[C@H](C)[C@H](CCC)[C@H]1CC[C@@H](OP)C1CCCCC1. The average molecular weight is 352 g/mol. The van der Waals surface area contributed by atoms with E-state index in [2.05, 4.69) is 23.3 Å². The molecule has 0 radical (unpaired) electrons. The van der Waals surface area contributed by atoms with Crippen LogP contribution in [0.25, 0.3) is 0 Å². The van der Waals surface area contributed by atoms with Crippen molar-refractivity contribution in [2.75, 3.05) is 0 Å². The van der Waals surface area contributed by atoms with Crippen molar-refractivity contribution in [2.24, 2.45) is 23.7 Å². The highest BCUT2D eigenvalue weighted by atomic mass is 31.0. The van der Waals surface area contributed by atoms with Crippen LogP contribution in [0, 0.1) is 23.7 Å². The van der Waals surface area contributed by atoms with Crippen LogP contribution >= 0.6 is 18.9 Å². The lowest BCUT2D eigenvalue weighted by Crippen LogP contribution is -2.27. The Morgan fingerprint density at radius 1 is 1.23 bits per heavy atom. The molecule has 0 aromatic carbocycles. The van der Waals surface area contributed by atoms with E-state index in [0.29, 0.717) is 18.1 Å². The lowest BCUT2D eigenvalue weighted by atomic mass is 9.79. The Bertz CT molecular complexity index is 330. The van der Waals surface area contributed by atoms with Gasteiger partial charge < -0.3 is 9.05 Å². The van der Waals surface area contributed by atoms with E-state index in [-0.39, 0.29) is 10.8 Å². The Labute approximate surface area is 145 Å². The van der Waals surface area contributed by atoms with Gasteiger partial charge in [0.2, 0.25) is 0 Å². The van der Waals surface area contributed by atoms with Crippen molar-refractivity contribution in [1.29, 1.82) is 1.28 Å². The van der Waals surface area contributed by atoms with Gasteiger partial charge in [0.1, 0.15) is 0 Å². The van der Waals surface area contributed by atoms with Crippen LogP contribution in [0.1, 0.15) is 79.5 Å². The largest absolute Gasteiger partial charge is 0.362 e. The molecule has 2 aliphatic rings. The summed E-state index contributed by atoms with van der Waals surface area (Å²) in [6, 6.07) is 0. The topological polar surface area (TPSA) is 18.5 Å². The molecule has 2 nitrogen and oxygen atoms in total. The first-order chi connectivity index (χ1) is 11.2. The molecule has 2 fully saturated rings. The van der Waals surface area contributed by atoms with Crippen LogP contribution in [0.15, 0.2) is 0 Å². The van der Waals surface area contributed by atoms with Gasteiger partial charge in [0, 0.05) is 20.3 Å². The molecule has 0 aromatic rings. The Balaban J connectivity index is 0.00000288. The van der Waals surface area contributed by atoms with Gasteiger partial charge in [-0.3, -0.25) is 0 Å². The molecular formula is C18H38O2P2. The fourth-order valence-electron chi connectivity index (χ4n) is 5.06. The van der Waals surface area contributed by atoms with E-state index >= 15 is 0 Å². The maximum absolute atomic E-state index is 7.48. The molecule has 0 aliphatic heterocycles. The van der Waals surface area contributed by atoms with Crippen LogP contribution < -0.4 is 0 Å². The van der Waals surface area contributed by atoms with Crippen molar-refractivity contribution >= 4 is 18.9 Å². The maximum Gasteiger partial charge on any atom is 0.0851 e. The van der Waals surface area contributed by atoms with E-state index in [4.69, 9.17) is 10.3 Å². The van der Waals surface area contributed by atoms with Gasteiger partial charge in [0.25, 0.3) is 0 Å². The van der Waals surface area contributed by atoms with Crippen LogP contribution in [0.5, 0.6) is 0 Å². The summed E-state index contributed by atoms with van der Waals surface area (Å²) in [7, 11) is 2.40. The highest BCUT2D eigenvalue weighted by Gasteiger charge is 2.40. The summed E-state index contributed by atoms with van der Waals surface area (Å²) in [6.07, 6.45) is 13.6. The van der Waals surface area contributed by atoms with E-state index < -0.39 is 0 Å². The minimum absolute atomic E-state index is 0. The molecule has 0 N–H and O–H groups in total. The van der Waals surface area contributed by atoms with Crippen LogP contribution in [-0.4, -0.2) is 13.5 Å². The van der Waals surface area contributed by atoms with E-state index in [0.717, 1.165) is 30.6 Å². The molecule has 0 amide bonds. The summed E-state index contributed by atoms with van der Waals surface area (Å²) in [5.41, 5.74) is 0. The van der Waals surface area contributed by atoms with Gasteiger partial charge in [-0.25, -0.2) is 0 Å². The van der Waals surface area contributed by atoms with Gasteiger partial charge >= 0.3 is 0 Å². The highest BCUT2D eigenvalue weighted by Crippen LogP contribution is 2.45. The predicted octanol–water partition coefficient (Wildman–Crippen LogP) is 6.02. The molecule has 0 bridgehead atoms. The zero-order valence-electron chi connectivity index (χ0n) is 15.4. The van der Waals surface area contributed by atoms with Crippen LogP contribution in [0.3, 0.4) is 0 Å². The Morgan fingerprint density at radius 3 is 2.64 bits per heavy atom. The molecule has 0 heterocycles. The first kappa shape index (κ1) is 17.6. The molecule has 7 atom stereocenters.